The van der Waals surface area contributed by atoms with E-state index in [1.54, 1.807) is 18.3 Å². The highest BCUT2D eigenvalue weighted by atomic mass is 19.1. The van der Waals surface area contributed by atoms with Gasteiger partial charge >= 0.3 is 0 Å². The van der Waals surface area contributed by atoms with Crippen LogP contribution in [0.5, 0.6) is 0 Å². The maximum absolute atomic E-state index is 13.2. The quantitative estimate of drug-likeness (QED) is 0.733. The Labute approximate surface area is 133 Å². The predicted molar refractivity (Wildman–Crippen MR) is 85.0 cm³/mol. The van der Waals surface area contributed by atoms with Gasteiger partial charge in [-0.1, -0.05) is 42.5 Å². The number of halogens is 1. The van der Waals surface area contributed by atoms with Gasteiger partial charge in [0, 0.05) is 5.56 Å². The van der Waals surface area contributed by atoms with Crippen molar-refractivity contribution in [1.82, 2.24) is 10.3 Å². The lowest BCUT2D eigenvalue weighted by Crippen LogP contribution is -2.24. The van der Waals surface area contributed by atoms with Crippen LogP contribution >= 0.6 is 0 Å². The molecule has 0 amide bonds. The fourth-order valence-electron chi connectivity index (χ4n) is 2.35. The molecule has 1 atom stereocenters. The average molecular weight is 312 g/mol. The zero-order valence-corrected chi connectivity index (χ0v) is 12.4. The molecular weight excluding hydrogens is 295 g/mol. The molecule has 1 aromatic heterocycles. The smallest absolute Gasteiger partial charge is 0.208 e. The van der Waals surface area contributed by atoms with E-state index in [0.29, 0.717) is 23.8 Å². The lowest BCUT2D eigenvalue weighted by Gasteiger charge is -2.15. The highest BCUT2D eigenvalue weighted by molar-refractivity contribution is 5.56. The molecule has 0 bridgehead atoms. The summed E-state index contributed by atoms with van der Waals surface area (Å²) < 4.78 is 18.9. The van der Waals surface area contributed by atoms with Crippen LogP contribution in [0.15, 0.2) is 65.2 Å². The second-order valence-electron chi connectivity index (χ2n) is 5.16. The van der Waals surface area contributed by atoms with E-state index in [1.807, 2.05) is 30.3 Å². The highest BCUT2D eigenvalue weighted by Gasteiger charge is 2.12. The predicted octanol–water partition coefficient (Wildman–Crippen LogP) is 3.30. The first-order chi connectivity index (χ1) is 11.3. The molecule has 4 nitrogen and oxygen atoms in total. The third kappa shape index (κ3) is 3.83. The number of aliphatic hydroxyl groups excluding tert-OH is 1. The third-order valence-corrected chi connectivity index (χ3v) is 3.55. The number of aliphatic hydroxyl groups is 1. The number of aromatic nitrogens is 1. The molecule has 3 rings (SSSR count). The Hall–Kier alpha value is -2.50. The van der Waals surface area contributed by atoms with Crippen LogP contribution in [0.3, 0.4) is 0 Å². The summed E-state index contributed by atoms with van der Waals surface area (Å²) in [5, 5.41) is 12.7. The standard InChI is InChI=1S/C18H17FN2O2/c19-15-8-4-7-14(9-15)17-10-21-18(23-17)11-20-16(12-22)13-5-2-1-3-6-13/h1-10,16,20,22H,11-12H2/t16-/m0/s1. The molecule has 0 fully saturated rings. The van der Waals surface area contributed by atoms with E-state index in [0.717, 1.165) is 5.56 Å². The lowest BCUT2D eigenvalue weighted by atomic mass is 10.1. The summed E-state index contributed by atoms with van der Waals surface area (Å²) in [5.41, 5.74) is 1.64. The maximum Gasteiger partial charge on any atom is 0.208 e. The van der Waals surface area contributed by atoms with Crippen molar-refractivity contribution in [2.24, 2.45) is 0 Å². The summed E-state index contributed by atoms with van der Waals surface area (Å²) in [4.78, 5) is 4.19. The number of nitrogens with one attached hydrogen (secondary N) is 1. The van der Waals surface area contributed by atoms with Crippen molar-refractivity contribution in [3.63, 3.8) is 0 Å². The van der Waals surface area contributed by atoms with Gasteiger partial charge in [-0.05, 0) is 17.7 Å². The summed E-state index contributed by atoms with van der Waals surface area (Å²) in [6.07, 6.45) is 1.57. The molecule has 3 aromatic rings. The molecule has 23 heavy (non-hydrogen) atoms. The molecule has 2 aromatic carbocycles. The van der Waals surface area contributed by atoms with E-state index in [-0.39, 0.29) is 18.5 Å². The Morgan fingerprint density at radius 1 is 1.13 bits per heavy atom. The molecule has 0 aliphatic heterocycles. The van der Waals surface area contributed by atoms with Gasteiger partial charge in [0.05, 0.1) is 25.4 Å². The topological polar surface area (TPSA) is 58.3 Å². The molecule has 5 heteroatoms. The average Bonchev–Trinajstić information content (AvgIpc) is 3.05. The molecule has 0 unspecified atom stereocenters. The van der Waals surface area contributed by atoms with Crippen LogP contribution in [0.4, 0.5) is 4.39 Å². The first kappa shape index (κ1) is 15.4. The number of nitrogens with zero attached hydrogens (tertiary/aromatic N) is 1. The molecule has 118 valence electrons. The minimum atomic E-state index is -0.317. The third-order valence-electron chi connectivity index (χ3n) is 3.55. The van der Waals surface area contributed by atoms with Crippen molar-refractivity contribution in [3.8, 4) is 11.3 Å². The van der Waals surface area contributed by atoms with Crippen molar-refractivity contribution < 1.29 is 13.9 Å². The van der Waals surface area contributed by atoms with E-state index in [9.17, 15) is 9.50 Å². The minimum absolute atomic E-state index is 0.0263. The normalized spacial score (nSPS) is 12.3. The lowest BCUT2D eigenvalue weighted by molar-refractivity contribution is 0.240. The maximum atomic E-state index is 13.2. The number of oxazole rings is 1. The summed E-state index contributed by atoms with van der Waals surface area (Å²) in [6.45, 7) is 0.344. The Morgan fingerprint density at radius 2 is 1.96 bits per heavy atom. The summed E-state index contributed by atoms with van der Waals surface area (Å²) in [5.74, 6) is 0.684. The van der Waals surface area contributed by atoms with Crippen LogP contribution in [0.2, 0.25) is 0 Å². The van der Waals surface area contributed by atoms with Gasteiger partial charge < -0.3 is 9.52 Å². The van der Waals surface area contributed by atoms with Gasteiger partial charge in [-0.25, -0.2) is 9.37 Å². The fraction of sp³-hybridized carbons (Fsp3) is 0.167. The van der Waals surface area contributed by atoms with Crippen molar-refractivity contribution in [2.75, 3.05) is 6.61 Å². The van der Waals surface area contributed by atoms with Crippen molar-refractivity contribution in [1.29, 1.82) is 0 Å². The van der Waals surface area contributed by atoms with Gasteiger partial charge in [0.1, 0.15) is 5.82 Å². The molecule has 2 N–H and O–H groups in total. The molecule has 1 heterocycles. The van der Waals surface area contributed by atoms with Crippen LogP contribution in [-0.2, 0) is 6.54 Å². The summed E-state index contributed by atoms with van der Waals surface area (Å²) in [7, 11) is 0. The summed E-state index contributed by atoms with van der Waals surface area (Å²) >= 11 is 0. The van der Waals surface area contributed by atoms with Crippen molar-refractivity contribution >= 4 is 0 Å². The van der Waals surface area contributed by atoms with Gasteiger partial charge in [0.2, 0.25) is 5.89 Å². The van der Waals surface area contributed by atoms with Gasteiger partial charge in [-0.15, -0.1) is 0 Å². The van der Waals surface area contributed by atoms with Crippen LogP contribution in [0.1, 0.15) is 17.5 Å². The van der Waals surface area contributed by atoms with Crippen LogP contribution in [0.25, 0.3) is 11.3 Å². The van der Waals surface area contributed by atoms with Crippen LogP contribution in [-0.4, -0.2) is 16.7 Å². The first-order valence-corrected chi connectivity index (χ1v) is 7.36. The number of hydrogen-bond acceptors (Lipinski definition) is 4. The first-order valence-electron chi connectivity index (χ1n) is 7.36. The molecule has 0 saturated carbocycles. The van der Waals surface area contributed by atoms with Crippen molar-refractivity contribution in [2.45, 2.75) is 12.6 Å². The second-order valence-corrected chi connectivity index (χ2v) is 5.16. The monoisotopic (exact) mass is 312 g/mol. The van der Waals surface area contributed by atoms with E-state index in [2.05, 4.69) is 10.3 Å². The van der Waals surface area contributed by atoms with Gasteiger partial charge in [0.25, 0.3) is 0 Å². The minimum Gasteiger partial charge on any atom is -0.439 e. The van der Waals surface area contributed by atoms with E-state index >= 15 is 0 Å². The largest absolute Gasteiger partial charge is 0.439 e. The van der Waals surface area contributed by atoms with E-state index in [4.69, 9.17) is 4.42 Å². The molecule has 0 spiro atoms. The Balaban J connectivity index is 1.67. The van der Waals surface area contributed by atoms with E-state index < -0.39 is 0 Å². The fourth-order valence-corrected chi connectivity index (χ4v) is 2.35. The van der Waals surface area contributed by atoms with Crippen molar-refractivity contribution in [3.05, 3.63) is 78.1 Å². The van der Waals surface area contributed by atoms with Gasteiger partial charge in [-0.3, -0.25) is 5.32 Å². The Kier molecular flexibility index (Phi) is 4.80. The molecule has 0 saturated heterocycles. The molecular formula is C18H17FN2O2. The highest BCUT2D eigenvalue weighted by Crippen LogP contribution is 2.21. The van der Waals surface area contributed by atoms with Gasteiger partial charge in [-0.2, -0.15) is 0 Å². The Bertz CT molecular complexity index is 758. The van der Waals surface area contributed by atoms with Gasteiger partial charge in [0.15, 0.2) is 5.76 Å². The SMILES string of the molecule is OC[C@H](NCc1ncc(-c2cccc(F)c2)o1)c1ccccc1. The Morgan fingerprint density at radius 3 is 2.70 bits per heavy atom. The van der Waals surface area contributed by atoms with Crippen LogP contribution < -0.4 is 5.32 Å². The van der Waals surface area contributed by atoms with E-state index in [1.165, 1.54) is 12.1 Å². The number of benzene rings is 2. The molecule has 0 aliphatic rings. The second kappa shape index (κ2) is 7.17. The number of rotatable bonds is 6. The molecule has 0 radical (unpaired) electrons. The molecule has 0 aliphatic carbocycles. The zero-order chi connectivity index (χ0) is 16.1. The summed E-state index contributed by atoms with van der Waals surface area (Å²) in [6, 6.07) is 15.6. The zero-order valence-electron chi connectivity index (χ0n) is 12.4. The number of hydrogen-bond donors (Lipinski definition) is 2. The van der Waals surface area contributed by atoms with Crippen LogP contribution in [0, 0.1) is 5.82 Å².